The minimum absolute atomic E-state index is 0.316. The first kappa shape index (κ1) is 13.6. The molecule has 1 N–H and O–H groups in total. The second kappa shape index (κ2) is 5.85. The Kier molecular flexibility index (Phi) is 4.17. The maximum atomic E-state index is 14.2. The van der Waals surface area contributed by atoms with Crippen molar-refractivity contribution in [3.05, 3.63) is 59.9 Å². The van der Waals surface area contributed by atoms with Gasteiger partial charge >= 0.3 is 0 Å². The van der Waals surface area contributed by atoms with Gasteiger partial charge in [0.1, 0.15) is 5.82 Å². The van der Waals surface area contributed by atoms with Crippen molar-refractivity contribution in [2.75, 3.05) is 11.4 Å². The Morgan fingerprint density at radius 1 is 1.11 bits per heavy atom. The summed E-state index contributed by atoms with van der Waals surface area (Å²) in [6.07, 6.45) is -0.705. The van der Waals surface area contributed by atoms with Crippen molar-refractivity contribution in [2.45, 2.75) is 20.0 Å². The fourth-order valence-electron chi connectivity index (χ4n) is 2.23. The SMILES string of the molecule is CCN(c1ccccc1)c1c(F)cccc1[C@H](C)O. The van der Waals surface area contributed by atoms with Crippen molar-refractivity contribution in [2.24, 2.45) is 0 Å². The summed E-state index contributed by atoms with van der Waals surface area (Å²) in [6.45, 7) is 4.24. The number of anilines is 2. The minimum Gasteiger partial charge on any atom is -0.389 e. The number of hydrogen-bond donors (Lipinski definition) is 1. The van der Waals surface area contributed by atoms with Crippen molar-refractivity contribution < 1.29 is 9.50 Å². The van der Waals surface area contributed by atoms with Gasteiger partial charge in [0.05, 0.1) is 11.8 Å². The predicted molar refractivity (Wildman–Crippen MR) is 76.2 cm³/mol. The molecule has 0 bridgehead atoms. The maximum absolute atomic E-state index is 14.2. The summed E-state index contributed by atoms with van der Waals surface area (Å²) < 4.78 is 14.2. The van der Waals surface area contributed by atoms with E-state index in [1.54, 1.807) is 19.1 Å². The number of aliphatic hydroxyl groups excluding tert-OH is 1. The van der Waals surface area contributed by atoms with Crippen LogP contribution in [0.2, 0.25) is 0 Å². The topological polar surface area (TPSA) is 23.5 Å². The zero-order valence-corrected chi connectivity index (χ0v) is 11.2. The van der Waals surface area contributed by atoms with Gasteiger partial charge in [0.15, 0.2) is 0 Å². The van der Waals surface area contributed by atoms with Gasteiger partial charge < -0.3 is 10.0 Å². The van der Waals surface area contributed by atoms with Crippen LogP contribution in [-0.2, 0) is 0 Å². The average Bonchev–Trinajstić information content (AvgIpc) is 2.42. The van der Waals surface area contributed by atoms with E-state index in [4.69, 9.17) is 0 Å². The molecular formula is C16H18FNO. The third-order valence-corrected chi connectivity index (χ3v) is 3.12. The van der Waals surface area contributed by atoms with Gasteiger partial charge in [-0.15, -0.1) is 0 Å². The first-order valence-electron chi connectivity index (χ1n) is 6.44. The first-order chi connectivity index (χ1) is 9.15. The Morgan fingerprint density at radius 3 is 2.37 bits per heavy atom. The van der Waals surface area contributed by atoms with Crippen LogP contribution in [-0.4, -0.2) is 11.7 Å². The molecule has 2 nitrogen and oxygen atoms in total. The Hall–Kier alpha value is -1.87. The molecule has 0 aliphatic heterocycles. The summed E-state index contributed by atoms with van der Waals surface area (Å²) in [7, 11) is 0. The van der Waals surface area contributed by atoms with Crippen LogP contribution in [0.15, 0.2) is 48.5 Å². The highest BCUT2D eigenvalue weighted by atomic mass is 19.1. The van der Waals surface area contributed by atoms with Crippen LogP contribution in [0, 0.1) is 5.82 Å². The van der Waals surface area contributed by atoms with E-state index in [-0.39, 0.29) is 5.82 Å². The minimum atomic E-state index is -0.705. The lowest BCUT2D eigenvalue weighted by Gasteiger charge is -2.27. The average molecular weight is 259 g/mol. The third kappa shape index (κ3) is 2.76. The number of halogens is 1. The number of nitrogens with zero attached hydrogens (tertiary/aromatic N) is 1. The van der Waals surface area contributed by atoms with Crippen LogP contribution >= 0.6 is 0 Å². The molecule has 0 aliphatic carbocycles. The Bertz CT molecular complexity index is 540. The Balaban J connectivity index is 2.55. The summed E-state index contributed by atoms with van der Waals surface area (Å²) >= 11 is 0. The van der Waals surface area contributed by atoms with Crippen LogP contribution in [0.5, 0.6) is 0 Å². The Morgan fingerprint density at radius 2 is 1.79 bits per heavy atom. The van der Waals surface area contributed by atoms with Crippen LogP contribution in [0.4, 0.5) is 15.8 Å². The lowest BCUT2D eigenvalue weighted by atomic mass is 10.1. The summed E-state index contributed by atoms with van der Waals surface area (Å²) in [4.78, 5) is 1.87. The molecule has 3 heteroatoms. The molecule has 0 amide bonds. The van der Waals surface area contributed by atoms with E-state index >= 15 is 0 Å². The van der Waals surface area contributed by atoms with Gasteiger partial charge in [-0.2, -0.15) is 0 Å². The van der Waals surface area contributed by atoms with Gasteiger partial charge in [-0.05, 0) is 32.0 Å². The monoisotopic (exact) mass is 259 g/mol. The highest BCUT2D eigenvalue weighted by Gasteiger charge is 2.18. The molecule has 0 heterocycles. The van der Waals surface area contributed by atoms with Crippen molar-refractivity contribution in [1.82, 2.24) is 0 Å². The molecule has 0 radical (unpaired) electrons. The van der Waals surface area contributed by atoms with Crippen LogP contribution in [0.3, 0.4) is 0 Å². The molecule has 0 saturated carbocycles. The van der Waals surface area contributed by atoms with Crippen LogP contribution in [0.25, 0.3) is 0 Å². The van der Waals surface area contributed by atoms with E-state index in [2.05, 4.69) is 0 Å². The largest absolute Gasteiger partial charge is 0.389 e. The Labute approximate surface area is 113 Å². The van der Waals surface area contributed by atoms with E-state index in [1.807, 2.05) is 42.2 Å². The van der Waals surface area contributed by atoms with Gasteiger partial charge in [-0.1, -0.05) is 30.3 Å². The third-order valence-electron chi connectivity index (χ3n) is 3.12. The van der Waals surface area contributed by atoms with Gasteiger partial charge in [0.25, 0.3) is 0 Å². The number of hydrogen-bond acceptors (Lipinski definition) is 2. The molecule has 0 fully saturated rings. The molecule has 19 heavy (non-hydrogen) atoms. The van der Waals surface area contributed by atoms with Crippen molar-refractivity contribution in [1.29, 1.82) is 0 Å². The first-order valence-corrected chi connectivity index (χ1v) is 6.44. The summed E-state index contributed by atoms with van der Waals surface area (Å²) in [5.41, 5.74) is 1.97. The standard InChI is InChI=1S/C16H18FNO/c1-3-18(13-8-5-4-6-9-13)16-14(12(2)19)10-7-11-15(16)17/h4-12,19H,3H2,1-2H3/t12-/m0/s1. The summed E-state index contributed by atoms with van der Waals surface area (Å²) in [5, 5.41) is 9.83. The van der Waals surface area contributed by atoms with Crippen molar-refractivity contribution in [3.63, 3.8) is 0 Å². The van der Waals surface area contributed by atoms with E-state index < -0.39 is 6.10 Å². The smallest absolute Gasteiger partial charge is 0.147 e. The lowest BCUT2D eigenvalue weighted by Crippen LogP contribution is -2.19. The fourth-order valence-corrected chi connectivity index (χ4v) is 2.23. The van der Waals surface area contributed by atoms with Gasteiger partial charge in [0.2, 0.25) is 0 Å². The molecule has 1 atom stereocenters. The second-order valence-electron chi connectivity index (χ2n) is 4.43. The molecular weight excluding hydrogens is 241 g/mol. The molecule has 0 unspecified atom stereocenters. The highest BCUT2D eigenvalue weighted by Crippen LogP contribution is 2.34. The van der Waals surface area contributed by atoms with Gasteiger partial charge in [0, 0.05) is 17.8 Å². The van der Waals surface area contributed by atoms with Crippen LogP contribution in [0.1, 0.15) is 25.5 Å². The van der Waals surface area contributed by atoms with E-state index in [0.29, 0.717) is 17.8 Å². The highest BCUT2D eigenvalue weighted by molar-refractivity contribution is 5.67. The van der Waals surface area contributed by atoms with Crippen LogP contribution < -0.4 is 4.90 Å². The van der Waals surface area contributed by atoms with Gasteiger partial charge in [-0.25, -0.2) is 4.39 Å². The normalized spacial score (nSPS) is 12.2. The number of aliphatic hydroxyl groups is 1. The molecule has 2 rings (SSSR count). The maximum Gasteiger partial charge on any atom is 0.147 e. The molecule has 2 aromatic carbocycles. The molecule has 0 spiro atoms. The summed E-state index contributed by atoms with van der Waals surface area (Å²) in [6, 6.07) is 14.4. The molecule has 0 aliphatic rings. The van der Waals surface area contributed by atoms with Crippen molar-refractivity contribution >= 4 is 11.4 Å². The zero-order chi connectivity index (χ0) is 13.8. The van der Waals surface area contributed by atoms with Gasteiger partial charge in [-0.3, -0.25) is 0 Å². The second-order valence-corrected chi connectivity index (χ2v) is 4.43. The number of rotatable bonds is 4. The molecule has 0 aromatic heterocycles. The van der Waals surface area contributed by atoms with E-state index in [9.17, 15) is 9.50 Å². The van der Waals surface area contributed by atoms with E-state index in [1.165, 1.54) is 6.07 Å². The molecule has 100 valence electrons. The quantitative estimate of drug-likeness (QED) is 0.895. The van der Waals surface area contributed by atoms with Crippen molar-refractivity contribution in [3.8, 4) is 0 Å². The summed E-state index contributed by atoms with van der Waals surface area (Å²) in [5.74, 6) is -0.316. The van der Waals surface area contributed by atoms with E-state index in [0.717, 1.165) is 5.69 Å². The predicted octanol–water partition coefficient (Wildman–Crippen LogP) is 4.04. The number of benzene rings is 2. The number of para-hydroxylation sites is 2. The fraction of sp³-hybridized carbons (Fsp3) is 0.250. The lowest BCUT2D eigenvalue weighted by molar-refractivity contribution is 0.199. The zero-order valence-electron chi connectivity index (χ0n) is 11.2. The molecule has 2 aromatic rings. The molecule has 0 saturated heterocycles.